The summed E-state index contributed by atoms with van der Waals surface area (Å²) in [5, 5.41) is 21.7. The van der Waals surface area contributed by atoms with Crippen LogP contribution in [0.15, 0.2) is 11.6 Å². The number of aliphatic hydroxyl groups is 2. The van der Waals surface area contributed by atoms with Gasteiger partial charge in [-0.2, -0.15) is 0 Å². The fourth-order valence-corrected chi connectivity index (χ4v) is 3.53. The van der Waals surface area contributed by atoms with Crippen LogP contribution in [-0.4, -0.2) is 39.3 Å². The van der Waals surface area contributed by atoms with Crippen LogP contribution in [0.25, 0.3) is 0 Å². The molecule has 1 rings (SSSR count). The van der Waals surface area contributed by atoms with E-state index in [0.717, 1.165) is 5.57 Å². The van der Waals surface area contributed by atoms with Gasteiger partial charge in [-0.15, -0.1) is 0 Å². The van der Waals surface area contributed by atoms with E-state index in [9.17, 15) is 24.6 Å². The molecule has 0 aromatic rings. The molecule has 4 unspecified atom stereocenters. The van der Waals surface area contributed by atoms with Gasteiger partial charge < -0.3 is 10.2 Å². The van der Waals surface area contributed by atoms with Crippen molar-refractivity contribution in [3.63, 3.8) is 0 Å². The van der Waals surface area contributed by atoms with E-state index in [1.165, 1.54) is 0 Å². The van der Waals surface area contributed by atoms with Crippen molar-refractivity contribution in [3.8, 4) is 0 Å². The van der Waals surface area contributed by atoms with E-state index in [2.05, 4.69) is 0 Å². The fourth-order valence-electron chi connectivity index (χ4n) is 3.53. The molecule has 1 aliphatic rings. The van der Waals surface area contributed by atoms with Crippen LogP contribution in [0.4, 0.5) is 0 Å². The first-order valence-electron chi connectivity index (χ1n) is 9.57. The highest BCUT2D eigenvalue weighted by Gasteiger charge is 2.63. The molecule has 1 saturated carbocycles. The van der Waals surface area contributed by atoms with Crippen molar-refractivity contribution in [2.24, 2.45) is 23.7 Å². The smallest absolute Gasteiger partial charge is 0.185 e. The van der Waals surface area contributed by atoms with Gasteiger partial charge in [-0.25, -0.2) is 0 Å². The Morgan fingerprint density at radius 1 is 1.12 bits per heavy atom. The lowest BCUT2D eigenvalue weighted by Crippen LogP contribution is -2.52. The molecule has 0 aromatic heterocycles. The standard InChI is InChI=1S/C21H34O5/c1-12(2)7-9-15-19(24)18(16(22)11-14(5)6)20(25)21(15,26)17(23)10-8-13(3)4/h7,13-15,17-18,23,26H,8-11H2,1-6H3. The lowest BCUT2D eigenvalue weighted by atomic mass is 9.79. The molecule has 26 heavy (non-hydrogen) atoms. The summed E-state index contributed by atoms with van der Waals surface area (Å²) >= 11 is 0. The Bertz CT molecular complexity index is 571. The lowest BCUT2D eigenvalue weighted by Gasteiger charge is -2.32. The van der Waals surface area contributed by atoms with Crippen LogP contribution < -0.4 is 0 Å². The molecule has 0 bridgehead atoms. The average molecular weight is 366 g/mol. The number of Topliss-reactive ketones (excluding diaryl/α,β-unsaturated/α-hetero) is 3. The molecule has 0 aromatic carbocycles. The van der Waals surface area contributed by atoms with Gasteiger partial charge in [-0.1, -0.05) is 39.3 Å². The van der Waals surface area contributed by atoms with Crippen molar-refractivity contribution < 1.29 is 24.6 Å². The SMILES string of the molecule is CC(C)=CCC1C(=O)C(C(=O)CC(C)C)C(=O)C1(O)C(O)CCC(C)C. The topological polar surface area (TPSA) is 91.7 Å². The van der Waals surface area contributed by atoms with Crippen molar-refractivity contribution in [2.75, 3.05) is 0 Å². The van der Waals surface area contributed by atoms with Crippen molar-refractivity contribution in [3.05, 3.63) is 11.6 Å². The van der Waals surface area contributed by atoms with E-state index < -0.39 is 40.9 Å². The largest absolute Gasteiger partial charge is 0.390 e. The third kappa shape index (κ3) is 4.89. The number of hydrogen-bond donors (Lipinski definition) is 2. The number of aliphatic hydroxyl groups excluding tert-OH is 1. The van der Waals surface area contributed by atoms with Gasteiger partial charge in [0.05, 0.1) is 12.0 Å². The Morgan fingerprint density at radius 3 is 2.15 bits per heavy atom. The van der Waals surface area contributed by atoms with E-state index in [1.54, 1.807) is 6.08 Å². The van der Waals surface area contributed by atoms with E-state index in [0.29, 0.717) is 6.42 Å². The minimum absolute atomic E-state index is 0.0129. The highest BCUT2D eigenvalue weighted by atomic mass is 16.4. The van der Waals surface area contributed by atoms with Crippen LogP contribution in [-0.2, 0) is 14.4 Å². The highest BCUT2D eigenvalue weighted by molar-refractivity contribution is 6.27. The van der Waals surface area contributed by atoms with Gasteiger partial charge in [0, 0.05) is 6.42 Å². The molecule has 4 atom stereocenters. The predicted molar refractivity (Wildman–Crippen MR) is 101 cm³/mol. The summed E-state index contributed by atoms with van der Waals surface area (Å²) in [5.41, 5.74) is -1.24. The Balaban J connectivity index is 3.23. The summed E-state index contributed by atoms with van der Waals surface area (Å²) in [4.78, 5) is 38.3. The van der Waals surface area contributed by atoms with E-state index in [-0.39, 0.29) is 31.1 Å². The van der Waals surface area contributed by atoms with Gasteiger partial charge in [-0.05, 0) is 44.9 Å². The first kappa shape index (κ1) is 22.7. The molecule has 0 spiro atoms. The maximum atomic E-state index is 12.9. The molecule has 1 fully saturated rings. The van der Waals surface area contributed by atoms with E-state index in [4.69, 9.17) is 0 Å². The summed E-state index contributed by atoms with van der Waals surface area (Å²) in [6, 6.07) is 0. The summed E-state index contributed by atoms with van der Waals surface area (Å²) in [6.07, 6.45) is 1.50. The second kappa shape index (κ2) is 9.05. The van der Waals surface area contributed by atoms with Gasteiger partial charge in [0.15, 0.2) is 23.0 Å². The van der Waals surface area contributed by atoms with Gasteiger partial charge >= 0.3 is 0 Å². The molecule has 1 aliphatic carbocycles. The van der Waals surface area contributed by atoms with Gasteiger partial charge in [0.1, 0.15) is 5.92 Å². The summed E-state index contributed by atoms with van der Waals surface area (Å²) in [5.74, 6) is -4.06. The van der Waals surface area contributed by atoms with Gasteiger partial charge in [0.25, 0.3) is 0 Å². The van der Waals surface area contributed by atoms with Crippen LogP contribution in [0.2, 0.25) is 0 Å². The molecular formula is C21H34O5. The highest BCUT2D eigenvalue weighted by Crippen LogP contribution is 2.41. The molecule has 148 valence electrons. The first-order chi connectivity index (χ1) is 11.9. The first-order valence-corrected chi connectivity index (χ1v) is 9.57. The third-order valence-corrected chi connectivity index (χ3v) is 5.03. The minimum atomic E-state index is -2.19. The molecule has 5 nitrogen and oxygen atoms in total. The average Bonchev–Trinajstić information content (AvgIpc) is 2.69. The maximum absolute atomic E-state index is 12.9. The zero-order valence-electron chi connectivity index (χ0n) is 16.9. The normalized spacial score (nSPS) is 27.3. The molecule has 0 saturated heterocycles. The number of hydrogen-bond acceptors (Lipinski definition) is 5. The van der Waals surface area contributed by atoms with Crippen LogP contribution in [0, 0.1) is 23.7 Å². The number of allylic oxidation sites excluding steroid dienone is 2. The fraction of sp³-hybridized carbons (Fsp3) is 0.762. The molecule has 0 radical (unpaired) electrons. The number of carbonyl (C=O) groups is 3. The van der Waals surface area contributed by atoms with Crippen LogP contribution in [0.3, 0.4) is 0 Å². The number of carbonyl (C=O) groups excluding carboxylic acids is 3. The molecule has 5 heteroatoms. The Labute approximate surface area is 156 Å². The number of rotatable bonds is 9. The number of ketones is 3. The predicted octanol–water partition coefficient (Wildman–Crippen LogP) is 2.87. The van der Waals surface area contributed by atoms with E-state index >= 15 is 0 Å². The van der Waals surface area contributed by atoms with Crippen molar-refractivity contribution in [2.45, 2.75) is 78.9 Å². The van der Waals surface area contributed by atoms with Crippen molar-refractivity contribution in [1.82, 2.24) is 0 Å². The minimum Gasteiger partial charge on any atom is -0.390 e. The summed E-state index contributed by atoms with van der Waals surface area (Å²) < 4.78 is 0. The third-order valence-electron chi connectivity index (χ3n) is 5.03. The van der Waals surface area contributed by atoms with Crippen LogP contribution in [0.1, 0.15) is 67.2 Å². The Kier molecular flexibility index (Phi) is 7.90. The lowest BCUT2D eigenvalue weighted by molar-refractivity contribution is -0.157. The van der Waals surface area contributed by atoms with E-state index in [1.807, 2.05) is 41.5 Å². The van der Waals surface area contributed by atoms with Crippen LogP contribution in [0.5, 0.6) is 0 Å². The molecule has 0 aliphatic heterocycles. The maximum Gasteiger partial charge on any atom is 0.185 e. The summed E-state index contributed by atoms with van der Waals surface area (Å²) in [6.45, 7) is 11.4. The zero-order chi connectivity index (χ0) is 20.2. The molecule has 0 amide bonds. The van der Waals surface area contributed by atoms with Gasteiger partial charge in [0.2, 0.25) is 0 Å². The van der Waals surface area contributed by atoms with Crippen molar-refractivity contribution in [1.29, 1.82) is 0 Å². The van der Waals surface area contributed by atoms with Crippen LogP contribution >= 0.6 is 0 Å². The van der Waals surface area contributed by atoms with Gasteiger partial charge in [-0.3, -0.25) is 14.4 Å². The zero-order valence-corrected chi connectivity index (χ0v) is 16.9. The Hall–Kier alpha value is -1.33. The Morgan fingerprint density at radius 2 is 1.69 bits per heavy atom. The van der Waals surface area contributed by atoms with Crippen molar-refractivity contribution >= 4 is 17.3 Å². The second-order valence-corrected chi connectivity index (χ2v) is 8.65. The monoisotopic (exact) mass is 366 g/mol. The summed E-state index contributed by atoms with van der Waals surface area (Å²) in [7, 11) is 0. The quantitative estimate of drug-likeness (QED) is 0.483. The molecule has 0 heterocycles. The molecule has 2 N–H and O–H groups in total. The second-order valence-electron chi connectivity index (χ2n) is 8.65. The molecular weight excluding hydrogens is 332 g/mol.